The lowest BCUT2D eigenvalue weighted by molar-refractivity contribution is 0.303. The maximum absolute atomic E-state index is 14.6. The van der Waals surface area contributed by atoms with E-state index in [1.165, 1.54) is 18.9 Å². The van der Waals surface area contributed by atoms with Gasteiger partial charge in [0.15, 0.2) is 0 Å². The van der Waals surface area contributed by atoms with Gasteiger partial charge >= 0.3 is 0 Å². The maximum Gasteiger partial charge on any atom is 0.132 e. The van der Waals surface area contributed by atoms with Crippen LogP contribution in [-0.2, 0) is 0 Å². The van der Waals surface area contributed by atoms with E-state index in [-0.39, 0.29) is 11.9 Å². The van der Waals surface area contributed by atoms with Crippen LogP contribution in [0.1, 0.15) is 42.9 Å². The maximum atomic E-state index is 14.6. The molecule has 5 heteroatoms. The van der Waals surface area contributed by atoms with Crippen molar-refractivity contribution < 1.29 is 9.13 Å². The molecule has 0 aliphatic rings. The third kappa shape index (κ3) is 6.38. The summed E-state index contributed by atoms with van der Waals surface area (Å²) in [5, 5.41) is 6.33. The number of rotatable bonds is 11. The number of halogens is 2. The predicted octanol–water partition coefficient (Wildman–Crippen LogP) is 5.06. The molecule has 0 aliphatic carbocycles. The minimum absolute atomic E-state index is 0.190. The zero-order valence-electron chi connectivity index (χ0n) is 15.5. The number of ether oxygens (including phenoxy) is 1. The zero-order valence-corrected chi connectivity index (χ0v) is 17.1. The second kappa shape index (κ2) is 11.3. The van der Waals surface area contributed by atoms with Gasteiger partial charge in [-0.2, -0.15) is 0 Å². The van der Waals surface area contributed by atoms with E-state index in [4.69, 9.17) is 4.74 Å². The molecule has 0 saturated heterocycles. The van der Waals surface area contributed by atoms with Crippen LogP contribution in [0.5, 0.6) is 5.75 Å². The molecule has 0 radical (unpaired) electrons. The van der Waals surface area contributed by atoms with Crippen molar-refractivity contribution in [2.75, 3.05) is 27.2 Å². The predicted molar refractivity (Wildman–Crippen MR) is 109 cm³/mol. The van der Waals surface area contributed by atoms with Gasteiger partial charge in [-0.1, -0.05) is 47.0 Å². The second-order valence-corrected chi connectivity index (χ2v) is 7.24. The number of hydrogen-bond acceptors (Lipinski definition) is 3. The van der Waals surface area contributed by atoms with Gasteiger partial charge < -0.3 is 15.4 Å². The molecule has 0 bridgehead atoms. The van der Waals surface area contributed by atoms with Crippen LogP contribution in [0.4, 0.5) is 4.39 Å². The Morgan fingerprint density at radius 2 is 1.73 bits per heavy atom. The Morgan fingerprint density at radius 3 is 2.38 bits per heavy atom. The first kappa shape index (κ1) is 20.9. The lowest BCUT2D eigenvalue weighted by Gasteiger charge is -2.19. The van der Waals surface area contributed by atoms with Crippen molar-refractivity contribution in [3.8, 4) is 5.75 Å². The van der Waals surface area contributed by atoms with Crippen molar-refractivity contribution in [1.82, 2.24) is 10.6 Å². The molecule has 0 amide bonds. The summed E-state index contributed by atoms with van der Waals surface area (Å²) in [5.74, 6) is 0.339. The molecule has 1 atom stereocenters. The first-order chi connectivity index (χ1) is 12.7. The van der Waals surface area contributed by atoms with Crippen molar-refractivity contribution in [3.63, 3.8) is 0 Å². The third-order valence-electron chi connectivity index (χ3n) is 4.36. The quantitative estimate of drug-likeness (QED) is 0.496. The van der Waals surface area contributed by atoms with Crippen LogP contribution in [0.2, 0.25) is 0 Å². The third-order valence-corrected chi connectivity index (χ3v) is 4.89. The van der Waals surface area contributed by atoms with Gasteiger partial charge in [0.25, 0.3) is 0 Å². The lowest BCUT2D eigenvalue weighted by atomic mass is 9.98. The van der Waals surface area contributed by atoms with E-state index in [0.29, 0.717) is 17.9 Å². The Morgan fingerprint density at radius 1 is 1.00 bits per heavy atom. The summed E-state index contributed by atoms with van der Waals surface area (Å²) >= 11 is 3.43. The summed E-state index contributed by atoms with van der Waals surface area (Å²) < 4.78 is 21.3. The van der Waals surface area contributed by atoms with E-state index in [9.17, 15) is 4.39 Å². The van der Waals surface area contributed by atoms with Crippen LogP contribution in [-0.4, -0.2) is 27.2 Å². The molecule has 2 aromatic rings. The van der Waals surface area contributed by atoms with Crippen LogP contribution < -0.4 is 15.4 Å². The number of hydrogen-bond donors (Lipinski definition) is 2. The Labute approximate surface area is 164 Å². The van der Waals surface area contributed by atoms with Gasteiger partial charge in [-0.3, -0.25) is 0 Å². The fraction of sp³-hybridized carbons (Fsp3) is 0.429. The fourth-order valence-corrected chi connectivity index (χ4v) is 3.20. The average molecular weight is 423 g/mol. The van der Waals surface area contributed by atoms with Crippen molar-refractivity contribution in [2.24, 2.45) is 0 Å². The van der Waals surface area contributed by atoms with Crippen molar-refractivity contribution >= 4 is 15.9 Å². The normalized spacial score (nSPS) is 12.2. The van der Waals surface area contributed by atoms with E-state index < -0.39 is 0 Å². The molecule has 2 rings (SSSR count). The minimum atomic E-state index is -0.251. The summed E-state index contributed by atoms with van der Waals surface area (Å²) in [4.78, 5) is 0. The first-order valence-corrected chi connectivity index (χ1v) is 9.94. The van der Waals surface area contributed by atoms with E-state index in [1.54, 1.807) is 6.07 Å². The first-order valence-electron chi connectivity index (χ1n) is 9.15. The summed E-state index contributed by atoms with van der Waals surface area (Å²) in [6, 6.07) is 12.9. The van der Waals surface area contributed by atoms with E-state index in [0.717, 1.165) is 29.4 Å². The van der Waals surface area contributed by atoms with Crippen LogP contribution in [0.25, 0.3) is 0 Å². The number of nitrogens with one attached hydrogen (secondary N) is 2. The molecule has 2 aromatic carbocycles. The van der Waals surface area contributed by atoms with Crippen molar-refractivity contribution in [1.29, 1.82) is 0 Å². The van der Waals surface area contributed by atoms with Crippen molar-refractivity contribution in [2.45, 2.75) is 31.7 Å². The highest BCUT2D eigenvalue weighted by Crippen LogP contribution is 2.28. The number of benzene rings is 2. The fourth-order valence-electron chi connectivity index (χ4n) is 2.94. The molecule has 2 N–H and O–H groups in total. The number of unbranched alkanes of at least 4 members (excludes halogenated alkanes) is 3. The molecule has 142 valence electrons. The molecule has 0 spiro atoms. The van der Waals surface area contributed by atoms with Crippen LogP contribution >= 0.6 is 15.9 Å². The molecule has 0 fully saturated rings. The molecular weight excluding hydrogens is 395 g/mol. The van der Waals surface area contributed by atoms with Gasteiger partial charge in [0.05, 0.1) is 12.6 Å². The summed E-state index contributed by atoms with van der Waals surface area (Å²) in [6.07, 6.45) is 4.49. The summed E-state index contributed by atoms with van der Waals surface area (Å²) in [5.41, 5.74) is 1.64. The van der Waals surface area contributed by atoms with Crippen LogP contribution in [0.3, 0.4) is 0 Å². The van der Waals surface area contributed by atoms with E-state index in [1.807, 2.05) is 44.4 Å². The Hall–Kier alpha value is -1.43. The smallest absolute Gasteiger partial charge is 0.132 e. The molecule has 3 nitrogen and oxygen atoms in total. The minimum Gasteiger partial charge on any atom is -0.493 e. The monoisotopic (exact) mass is 422 g/mol. The molecule has 0 saturated carbocycles. The Balaban J connectivity index is 1.92. The molecular formula is C21H28BrFN2O. The van der Waals surface area contributed by atoms with E-state index in [2.05, 4.69) is 26.6 Å². The summed E-state index contributed by atoms with van der Waals surface area (Å²) in [6.45, 7) is 1.68. The highest BCUT2D eigenvalue weighted by molar-refractivity contribution is 9.10. The largest absolute Gasteiger partial charge is 0.493 e. The van der Waals surface area contributed by atoms with Crippen LogP contribution in [0, 0.1) is 5.82 Å². The second-order valence-electron chi connectivity index (χ2n) is 6.32. The van der Waals surface area contributed by atoms with Gasteiger partial charge in [-0.05, 0) is 57.2 Å². The standard InChI is InChI=1S/C21H28BrFN2O/c1-24-13-5-3-4-6-14-26-18-11-12-19(20(23)15-18)21(25-2)16-7-9-17(22)10-8-16/h7-12,15,21,24-25H,3-6,13-14H2,1-2H3/t21-/m0/s1. The topological polar surface area (TPSA) is 33.3 Å². The van der Waals surface area contributed by atoms with Gasteiger partial charge in [0.2, 0.25) is 0 Å². The molecule has 0 aliphatic heterocycles. The average Bonchev–Trinajstić information content (AvgIpc) is 2.64. The van der Waals surface area contributed by atoms with E-state index >= 15 is 0 Å². The molecule has 0 heterocycles. The summed E-state index contributed by atoms with van der Waals surface area (Å²) in [7, 11) is 3.81. The lowest BCUT2D eigenvalue weighted by Crippen LogP contribution is -2.19. The van der Waals surface area contributed by atoms with Gasteiger partial charge in [0, 0.05) is 16.1 Å². The highest BCUT2D eigenvalue weighted by atomic mass is 79.9. The SMILES string of the molecule is CNCCCCCCOc1ccc([C@@H](NC)c2ccc(Br)cc2)c(F)c1. The van der Waals surface area contributed by atoms with Gasteiger partial charge in [-0.15, -0.1) is 0 Å². The molecule has 0 unspecified atom stereocenters. The molecule has 0 aromatic heterocycles. The Bertz CT molecular complexity index is 664. The molecule has 26 heavy (non-hydrogen) atoms. The van der Waals surface area contributed by atoms with Crippen molar-refractivity contribution in [3.05, 3.63) is 63.9 Å². The Kier molecular flexibility index (Phi) is 9.09. The van der Waals surface area contributed by atoms with Gasteiger partial charge in [0.1, 0.15) is 11.6 Å². The van der Waals surface area contributed by atoms with Gasteiger partial charge in [-0.25, -0.2) is 4.39 Å². The zero-order chi connectivity index (χ0) is 18.8. The highest BCUT2D eigenvalue weighted by Gasteiger charge is 2.16. The van der Waals surface area contributed by atoms with Crippen LogP contribution in [0.15, 0.2) is 46.9 Å².